The molecule has 7 rings (SSSR count). The lowest BCUT2D eigenvalue weighted by atomic mass is 9.85. The van der Waals surface area contributed by atoms with Crippen LogP contribution in [-0.2, 0) is 0 Å². The number of nitrogens with zero attached hydrogens (tertiary/aromatic N) is 2. The fourth-order valence-corrected chi connectivity index (χ4v) is 6.05. The van der Waals surface area contributed by atoms with E-state index in [1.165, 1.54) is 43.8 Å². The Kier molecular flexibility index (Phi) is 6.65. The van der Waals surface area contributed by atoms with Crippen LogP contribution in [0.1, 0.15) is 0 Å². The van der Waals surface area contributed by atoms with Gasteiger partial charge in [0.25, 0.3) is 0 Å². The lowest BCUT2D eigenvalue weighted by molar-refractivity contribution is 1.21. The third-order valence-electron chi connectivity index (χ3n) is 8.27. The summed E-state index contributed by atoms with van der Waals surface area (Å²) in [7, 11) is 4.28. The van der Waals surface area contributed by atoms with Crippen LogP contribution in [0.25, 0.3) is 43.8 Å². The van der Waals surface area contributed by atoms with E-state index in [2.05, 4.69) is 182 Å². The Hall–Kier alpha value is -5.34. The average Bonchev–Trinajstić information content (AvgIpc) is 3.07. The third-order valence-corrected chi connectivity index (χ3v) is 8.27. The lowest BCUT2D eigenvalue weighted by Gasteiger charge is -2.24. The van der Waals surface area contributed by atoms with Gasteiger partial charge in [0, 0.05) is 36.8 Å². The highest BCUT2D eigenvalue weighted by Gasteiger charge is 2.19. The SMILES string of the molecule is CN(c1ccccc1)c1ccc2c(-c3ccccc3)c3cc(N(C)c4ccccc4)ccc3c(-c3ccccc3)c2c1. The summed E-state index contributed by atoms with van der Waals surface area (Å²) in [5.74, 6) is 0. The number of para-hydroxylation sites is 2. The molecule has 0 saturated heterocycles. The average molecular weight is 541 g/mol. The zero-order valence-corrected chi connectivity index (χ0v) is 23.9. The van der Waals surface area contributed by atoms with Gasteiger partial charge in [-0.05, 0) is 92.3 Å². The highest BCUT2D eigenvalue weighted by atomic mass is 15.1. The molecule has 42 heavy (non-hydrogen) atoms. The van der Waals surface area contributed by atoms with E-state index in [0.717, 1.165) is 22.7 Å². The van der Waals surface area contributed by atoms with Crippen molar-refractivity contribution < 1.29 is 0 Å². The number of fused-ring (bicyclic) bond motifs is 2. The highest BCUT2D eigenvalue weighted by molar-refractivity contribution is 6.22. The fourth-order valence-electron chi connectivity index (χ4n) is 6.05. The van der Waals surface area contributed by atoms with E-state index in [4.69, 9.17) is 0 Å². The predicted molar refractivity (Wildman–Crippen MR) is 181 cm³/mol. The van der Waals surface area contributed by atoms with E-state index < -0.39 is 0 Å². The van der Waals surface area contributed by atoms with Crippen molar-refractivity contribution >= 4 is 44.3 Å². The molecule has 0 aliphatic heterocycles. The van der Waals surface area contributed by atoms with Gasteiger partial charge < -0.3 is 9.80 Å². The molecule has 0 heterocycles. The Morgan fingerprint density at radius 3 is 1.00 bits per heavy atom. The molecule has 0 bridgehead atoms. The molecule has 0 spiro atoms. The monoisotopic (exact) mass is 540 g/mol. The second-order valence-electron chi connectivity index (χ2n) is 10.7. The molecule has 0 saturated carbocycles. The second-order valence-corrected chi connectivity index (χ2v) is 10.7. The fraction of sp³-hybridized carbons (Fsp3) is 0.0500. The summed E-state index contributed by atoms with van der Waals surface area (Å²) in [5, 5.41) is 4.99. The van der Waals surface area contributed by atoms with Crippen LogP contribution in [0.5, 0.6) is 0 Å². The summed E-state index contributed by atoms with van der Waals surface area (Å²) in [4.78, 5) is 4.52. The number of hydrogen-bond donors (Lipinski definition) is 0. The summed E-state index contributed by atoms with van der Waals surface area (Å²) in [5.41, 5.74) is 9.60. The van der Waals surface area contributed by atoms with E-state index in [1.54, 1.807) is 0 Å². The molecule has 0 aliphatic rings. The third kappa shape index (κ3) is 4.57. The molecular weight excluding hydrogens is 508 g/mol. The van der Waals surface area contributed by atoms with Crippen molar-refractivity contribution in [2.45, 2.75) is 0 Å². The molecule has 7 aromatic carbocycles. The zero-order valence-electron chi connectivity index (χ0n) is 23.9. The van der Waals surface area contributed by atoms with Gasteiger partial charge in [0.2, 0.25) is 0 Å². The molecule has 0 atom stereocenters. The van der Waals surface area contributed by atoms with Gasteiger partial charge >= 0.3 is 0 Å². The molecule has 0 radical (unpaired) electrons. The smallest absolute Gasteiger partial charge is 0.0414 e. The van der Waals surface area contributed by atoms with Crippen molar-refractivity contribution in [2.75, 3.05) is 23.9 Å². The maximum atomic E-state index is 2.36. The lowest BCUT2D eigenvalue weighted by Crippen LogP contribution is -2.09. The first-order chi connectivity index (χ1) is 20.7. The Morgan fingerprint density at radius 2 is 0.643 bits per heavy atom. The minimum absolute atomic E-state index is 1.16. The van der Waals surface area contributed by atoms with Gasteiger partial charge in [-0.1, -0.05) is 109 Å². The first kappa shape index (κ1) is 25.6. The number of anilines is 4. The van der Waals surface area contributed by atoms with Gasteiger partial charge in [0.1, 0.15) is 0 Å². The molecule has 202 valence electrons. The summed E-state index contributed by atoms with van der Waals surface area (Å²) >= 11 is 0. The summed E-state index contributed by atoms with van der Waals surface area (Å²) < 4.78 is 0. The zero-order chi connectivity index (χ0) is 28.5. The van der Waals surface area contributed by atoms with Crippen LogP contribution < -0.4 is 9.80 Å². The van der Waals surface area contributed by atoms with E-state index in [0.29, 0.717) is 0 Å². The summed E-state index contributed by atoms with van der Waals surface area (Å²) in [6.07, 6.45) is 0. The van der Waals surface area contributed by atoms with Crippen molar-refractivity contribution in [2.24, 2.45) is 0 Å². The molecule has 2 nitrogen and oxygen atoms in total. The van der Waals surface area contributed by atoms with Crippen molar-refractivity contribution in [1.29, 1.82) is 0 Å². The minimum atomic E-state index is 1.16. The van der Waals surface area contributed by atoms with Crippen LogP contribution >= 0.6 is 0 Å². The highest BCUT2D eigenvalue weighted by Crippen LogP contribution is 2.46. The van der Waals surface area contributed by atoms with Crippen LogP contribution in [0.15, 0.2) is 158 Å². The van der Waals surface area contributed by atoms with E-state index >= 15 is 0 Å². The van der Waals surface area contributed by atoms with E-state index in [9.17, 15) is 0 Å². The molecule has 2 heteroatoms. The number of benzene rings is 7. The topological polar surface area (TPSA) is 6.48 Å². The minimum Gasteiger partial charge on any atom is -0.345 e. The maximum Gasteiger partial charge on any atom is 0.0414 e. The Balaban J connectivity index is 1.56. The first-order valence-corrected chi connectivity index (χ1v) is 14.4. The van der Waals surface area contributed by atoms with Gasteiger partial charge in [0.15, 0.2) is 0 Å². The largest absolute Gasteiger partial charge is 0.345 e. The number of hydrogen-bond acceptors (Lipinski definition) is 2. The normalized spacial score (nSPS) is 11.1. The van der Waals surface area contributed by atoms with Gasteiger partial charge in [-0.3, -0.25) is 0 Å². The second kappa shape index (κ2) is 10.9. The van der Waals surface area contributed by atoms with E-state index in [-0.39, 0.29) is 0 Å². The van der Waals surface area contributed by atoms with Gasteiger partial charge in [-0.25, -0.2) is 0 Å². The van der Waals surface area contributed by atoms with Crippen molar-refractivity contribution in [3.63, 3.8) is 0 Å². The standard InChI is InChI=1S/C40H32N2/c1-41(31-19-11-5-12-20-31)33-23-25-35-37(27-33)39(29-15-7-3-8-16-29)36-26-24-34(42(2)32-21-13-6-14-22-32)28-38(36)40(35)30-17-9-4-10-18-30/h3-28H,1-2H3. The molecular formula is C40H32N2. The summed E-state index contributed by atoms with van der Waals surface area (Å²) in [6.45, 7) is 0. The van der Waals surface area contributed by atoms with Crippen molar-refractivity contribution in [1.82, 2.24) is 0 Å². The van der Waals surface area contributed by atoms with Gasteiger partial charge in [-0.15, -0.1) is 0 Å². The molecule has 7 aromatic rings. The Labute approximate surface area is 247 Å². The molecule has 0 aliphatic carbocycles. The number of rotatable bonds is 6. The van der Waals surface area contributed by atoms with Crippen LogP contribution in [0.4, 0.5) is 22.7 Å². The first-order valence-electron chi connectivity index (χ1n) is 14.4. The van der Waals surface area contributed by atoms with Crippen LogP contribution in [0, 0.1) is 0 Å². The van der Waals surface area contributed by atoms with E-state index in [1.807, 2.05) is 0 Å². The van der Waals surface area contributed by atoms with Crippen molar-refractivity contribution in [3.05, 3.63) is 158 Å². The van der Waals surface area contributed by atoms with Crippen LogP contribution in [-0.4, -0.2) is 14.1 Å². The molecule has 0 amide bonds. The Morgan fingerprint density at radius 1 is 0.310 bits per heavy atom. The van der Waals surface area contributed by atoms with Gasteiger partial charge in [-0.2, -0.15) is 0 Å². The quantitative estimate of drug-likeness (QED) is 0.194. The van der Waals surface area contributed by atoms with Gasteiger partial charge in [0.05, 0.1) is 0 Å². The van der Waals surface area contributed by atoms with Crippen LogP contribution in [0.3, 0.4) is 0 Å². The summed E-state index contributed by atoms with van der Waals surface area (Å²) in [6, 6.07) is 56.6. The molecule has 0 aromatic heterocycles. The molecule has 0 fully saturated rings. The van der Waals surface area contributed by atoms with Crippen molar-refractivity contribution in [3.8, 4) is 22.3 Å². The Bertz CT molecular complexity index is 1830. The predicted octanol–water partition coefficient (Wildman–Crippen LogP) is 10.9. The van der Waals surface area contributed by atoms with Crippen LogP contribution in [0.2, 0.25) is 0 Å². The molecule has 0 unspecified atom stereocenters. The maximum absolute atomic E-state index is 2.36. The molecule has 0 N–H and O–H groups in total.